The average molecular weight is 862 g/mol. The van der Waals surface area contributed by atoms with Gasteiger partial charge in [0.05, 0.1) is 0 Å². The molecule has 61 heavy (non-hydrogen) atoms. The molecule has 0 aliphatic rings. The fourth-order valence-corrected chi connectivity index (χ4v) is 7.29. The van der Waals surface area contributed by atoms with Crippen molar-refractivity contribution in [1.82, 2.24) is 25.0 Å². The van der Waals surface area contributed by atoms with Gasteiger partial charge in [0.2, 0.25) is 22.6 Å². The van der Waals surface area contributed by atoms with Crippen LogP contribution in [0.5, 0.6) is 5.75 Å². The van der Waals surface area contributed by atoms with Crippen molar-refractivity contribution in [3.8, 4) is 45.7 Å². The Balaban J connectivity index is 1.35. The highest BCUT2D eigenvalue weighted by Crippen LogP contribution is 2.58. The Kier molecular flexibility index (Phi) is 10.3. The summed E-state index contributed by atoms with van der Waals surface area (Å²) in [7, 11) is 0. The minimum atomic E-state index is -5.95. The standard InChI is InChI=1S/C42H27F12N5O2/c1-23-3-11-28(12-4-23)37(39(43,44)45,40(46,47)48)29-13-5-25(6-14-29)34-56-57-35(59(34)32-19-21-33(60)22-20-32)26-7-15-30(16-8-26)38(41(49,50)51,42(52,53)54)31-17-9-27(10-18-31)36-58-55-24(2)61-36/h3-22,60H,1-2H3. The number of aryl methyl sites for hydroxylation is 2. The van der Waals surface area contributed by atoms with Gasteiger partial charge < -0.3 is 9.52 Å². The van der Waals surface area contributed by atoms with Crippen LogP contribution in [-0.2, 0) is 10.8 Å². The van der Waals surface area contributed by atoms with Gasteiger partial charge in [0.15, 0.2) is 11.6 Å². The Bertz CT molecular complexity index is 2620. The third-order valence-corrected chi connectivity index (χ3v) is 10.2. The first kappa shape index (κ1) is 42.5. The molecular formula is C42H27F12N5O2. The fraction of sp³-hybridized carbons (Fsp3) is 0.190. The number of phenolic OH excluding ortho intramolecular Hbond substituents is 1. The van der Waals surface area contributed by atoms with E-state index in [9.17, 15) is 31.4 Å². The van der Waals surface area contributed by atoms with Crippen LogP contribution in [0.2, 0.25) is 0 Å². The summed E-state index contributed by atoms with van der Waals surface area (Å²) >= 11 is 0. The van der Waals surface area contributed by atoms with Crippen LogP contribution in [0.25, 0.3) is 39.9 Å². The van der Waals surface area contributed by atoms with Crippen molar-refractivity contribution in [3.05, 3.63) is 155 Å². The van der Waals surface area contributed by atoms with E-state index in [-0.39, 0.29) is 51.6 Å². The molecule has 0 spiro atoms. The van der Waals surface area contributed by atoms with E-state index in [1.54, 1.807) is 0 Å². The number of benzene rings is 5. The molecule has 0 saturated carbocycles. The second-order valence-electron chi connectivity index (χ2n) is 13.9. The highest BCUT2D eigenvalue weighted by molar-refractivity contribution is 5.68. The molecule has 5 aromatic carbocycles. The van der Waals surface area contributed by atoms with Gasteiger partial charge in [-0.1, -0.05) is 90.5 Å². The van der Waals surface area contributed by atoms with E-state index >= 15 is 26.3 Å². The molecule has 2 aromatic heterocycles. The van der Waals surface area contributed by atoms with Crippen LogP contribution >= 0.6 is 0 Å². The van der Waals surface area contributed by atoms with E-state index in [2.05, 4.69) is 20.4 Å². The number of hydrogen-bond donors (Lipinski definition) is 1. The molecule has 7 aromatic rings. The van der Waals surface area contributed by atoms with Crippen molar-refractivity contribution in [1.29, 1.82) is 0 Å². The predicted molar refractivity (Wildman–Crippen MR) is 195 cm³/mol. The van der Waals surface area contributed by atoms with Gasteiger partial charge in [-0.2, -0.15) is 52.7 Å². The molecule has 7 rings (SSSR count). The maximum absolute atomic E-state index is 15.0. The second-order valence-corrected chi connectivity index (χ2v) is 13.9. The maximum Gasteiger partial charge on any atom is 0.411 e. The summed E-state index contributed by atoms with van der Waals surface area (Å²) in [5, 5.41) is 25.5. The first-order valence-electron chi connectivity index (χ1n) is 17.7. The molecule has 0 bridgehead atoms. The van der Waals surface area contributed by atoms with Crippen LogP contribution in [0.3, 0.4) is 0 Å². The summed E-state index contributed by atoms with van der Waals surface area (Å²) in [4.78, 5) is 0. The Hall–Kier alpha value is -6.66. The number of phenols is 1. The van der Waals surface area contributed by atoms with Gasteiger partial charge in [0.1, 0.15) is 5.75 Å². The van der Waals surface area contributed by atoms with Crippen LogP contribution in [0.1, 0.15) is 33.7 Å². The van der Waals surface area contributed by atoms with Gasteiger partial charge in [-0.05, 0) is 65.6 Å². The SMILES string of the molecule is Cc1ccc(C(c2ccc(-c3nnc(-c4ccc(C(c5ccc(-c6nnc(C)o6)cc5)(C(F)(F)F)C(F)(F)F)cc4)n3-c3ccc(O)cc3)cc2)(C(F)(F)F)C(F)(F)F)cc1. The number of aromatic nitrogens is 5. The number of hydrogen-bond acceptors (Lipinski definition) is 6. The van der Waals surface area contributed by atoms with Crippen molar-refractivity contribution in [2.45, 2.75) is 49.4 Å². The van der Waals surface area contributed by atoms with Gasteiger partial charge in [0.25, 0.3) is 0 Å². The van der Waals surface area contributed by atoms with Gasteiger partial charge in [0, 0.05) is 29.3 Å². The Morgan fingerprint density at radius 2 is 0.770 bits per heavy atom. The number of nitrogens with zero attached hydrogens (tertiary/aromatic N) is 5. The number of aromatic hydroxyl groups is 1. The molecule has 0 radical (unpaired) electrons. The molecule has 0 aliphatic heterocycles. The molecular weight excluding hydrogens is 834 g/mol. The zero-order valence-electron chi connectivity index (χ0n) is 31.2. The summed E-state index contributed by atoms with van der Waals surface area (Å²) in [6.07, 6.45) is -23.6. The topological polar surface area (TPSA) is 89.9 Å². The molecule has 0 saturated heterocycles. The normalized spacial score (nSPS) is 13.1. The summed E-state index contributed by atoms with van der Waals surface area (Å²) < 4.78 is 185. The fourth-order valence-electron chi connectivity index (χ4n) is 7.29. The van der Waals surface area contributed by atoms with E-state index in [4.69, 9.17) is 4.42 Å². The van der Waals surface area contributed by atoms with Crippen molar-refractivity contribution >= 4 is 0 Å². The summed E-state index contributed by atoms with van der Waals surface area (Å²) in [6, 6.07) is 18.2. The van der Waals surface area contributed by atoms with Crippen molar-refractivity contribution < 1.29 is 62.2 Å². The molecule has 7 nitrogen and oxygen atoms in total. The van der Waals surface area contributed by atoms with Crippen molar-refractivity contribution in [3.63, 3.8) is 0 Å². The summed E-state index contributed by atoms with van der Waals surface area (Å²) in [5.41, 5.74) is -13.2. The van der Waals surface area contributed by atoms with E-state index in [0.29, 0.717) is 42.0 Å². The van der Waals surface area contributed by atoms with Gasteiger partial charge in [-0.15, -0.1) is 20.4 Å². The maximum atomic E-state index is 15.0. The molecule has 0 atom stereocenters. The largest absolute Gasteiger partial charge is 0.508 e. The highest BCUT2D eigenvalue weighted by atomic mass is 19.4. The zero-order valence-corrected chi connectivity index (χ0v) is 31.2. The molecule has 19 heteroatoms. The number of alkyl halides is 12. The van der Waals surface area contributed by atoms with Gasteiger partial charge in [-0.3, -0.25) is 4.57 Å². The smallest absolute Gasteiger partial charge is 0.411 e. The lowest BCUT2D eigenvalue weighted by molar-refractivity contribution is -0.290. The minimum absolute atomic E-state index is 0.0586. The molecule has 0 unspecified atom stereocenters. The Labute approximate surface area is 337 Å². The van der Waals surface area contributed by atoms with Crippen molar-refractivity contribution in [2.75, 3.05) is 0 Å². The van der Waals surface area contributed by atoms with Crippen LogP contribution in [0.15, 0.2) is 126 Å². The van der Waals surface area contributed by atoms with Crippen LogP contribution in [0.4, 0.5) is 52.7 Å². The monoisotopic (exact) mass is 861 g/mol. The number of halogens is 12. The van der Waals surface area contributed by atoms with E-state index in [1.807, 2.05) is 0 Å². The molecule has 1 N–H and O–H groups in total. The van der Waals surface area contributed by atoms with E-state index in [1.165, 1.54) is 42.7 Å². The first-order chi connectivity index (χ1) is 28.5. The first-order valence-corrected chi connectivity index (χ1v) is 17.7. The lowest BCUT2D eigenvalue weighted by Gasteiger charge is -2.38. The van der Waals surface area contributed by atoms with E-state index < -0.39 is 57.8 Å². The zero-order chi connectivity index (χ0) is 44.3. The third-order valence-electron chi connectivity index (χ3n) is 10.2. The predicted octanol–water partition coefficient (Wildman–Crippen LogP) is 11.8. The van der Waals surface area contributed by atoms with Crippen LogP contribution in [-0.4, -0.2) is 54.8 Å². The summed E-state index contributed by atoms with van der Waals surface area (Å²) in [5.74, 6) is -0.662. The molecule has 0 aliphatic carbocycles. The van der Waals surface area contributed by atoms with Gasteiger partial charge >= 0.3 is 24.7 Å². The quantitative estimate of drug-likeness (QED) is 0.153. The van der Waals surface area contributed by atoms with Crippen LogP contribution in [0, 0.1) is 13.8 Å². The lowest BCUT2D eigenvalue weighted by Crippen LogP contribution is -2.54. The minimum Gasteiger partial charge on any atom is -0.508 e. The number of rotatable bonds is 8. The Morgan fingerprint density at radius 1 is 0.426 bits per heavy atom. The average Bonchev–Trinajstić information content (AvgIpc) is 3.82. The highest BCUT2D eigenvalue weighted by Gasteiger charge is 2.73. The lowest BCUT2D eigenvalue weighted by atomic mass is 9.72. The molecule has 2 heterocycles. The Morgan fingerprint density at radius 3 is 1.10 bits per heavy atom. The second kappa shape index (κ2) is 14.8. The third kappa shape index (κ3) is 7.04. The molecule has 0 fully saturated rings. The van der Waals surface area contributed by atoms with E-state index in [0.717, 1.165) is 60.7 Å². The molecule has 316 valence electrons. The van der Waals surface area contributed by atoms with Crippen molar-refractivity contribution in [2.24, 2.45) is 0 Å². The van der Waals surface area contributed by atoms with Crippen LogP contribution < -0.4 is 0 Å². The molecule has 0 amide bonds. The summed E-state index contributed by atoms with van der Waals surface area (Å²) in [6.45, 7) is 2.93. The van der Waals surface area contributed by atoms with Gasteiger partial charge in [-0.25, -0.2) is 0 Å².